The fraction of sp³-hybridized carbons (Fsp3) is 0.500. The molecule has 1 fully saturated rings. The van der Waals surface area contributed by atoms with Gasteiger partial charge in [0, 0.05) is 49.0 Å². The highest BCUT2D eigenvalue weighted by atomic mass is 35.5. The number of aliphatic hydroxyl groups excluding tert-OH is 1. The molecule has 3 aromatic rings. The molecule has 1 saturated heterocycles. The van der Waals surface area contributed by atoms with Crippen molar-refractivity contribution in [3.63, 3.8) is 0 Å². The molecule has 0 unspecified atom stereocenters. The number of rotatable bonds is 11. The molecule has 1 aliphatic heterocycles. The first-order valence-electron chi connectivity index (χ1n) is 12.3. The summed E-state index contributed by atoms with van der Waals surface area (Å²) in [5.41, 5.74) is 1.46. The molecular weight excluding hydrogens is 452 g/mol. The molecule has 0 spiro atoms. The molecule has 34 heavy (non-hydrogen) atoms. The Morgan fingerprint density at radius 2 is 1.97 bits per heavy atom. The van der Waals surface area contributed by atoms with Crippen LogP contribution in [0, 0.1) is 0 Å². The summed E-state index contributed by atoms with van der Waals surface area (Å²) in [6, 6.07) is 8.86. The van der Waals surface area contributed by atoms with Crippen molar-refractivity contribution >= 4 is 29.0 Å². The first-order chi connectivity index (χ1) is 16.5. The lowest BCUT2D eigenvalue weighted by Gasteiger charge is -2.29. The predicted octanol–water partition coefficient (Wildman–Crippen LogP) is 4.71. The Kier molecular flexibility index (Phi) is 8.06. The third-order valence-corrected chi connectivity index (χ3v) is 6.82. The van der Waals surface area contributed by atoms with E-state index in [0.29, 0.717) is 35.8 Å². The number of nitrogens with zero attached hydrogens (tertiary/aromatic N) is 4. The van der Waals surface area contributed by atoms with Crippen LogP contribution in [0.15, 0.2) is 41.3 Å². The van der Waals surface area contributed by atoms with Gasteiger partial charge in [-0.25, -0.2) is 4.98 Å². The Balaban J connectivity index is 1.76. The zero-order valence-corrected chi connectivity index (χ0v) is 20.5. The molecule has 3 heterocycles. The number of hydrogen-bond donors (Lipinski definition) is 1. The second-order valence-electron chi connectivity index (χ2n) is 9.00. The largest absolute Gasteiger partial charge is 0.396 e. The van der Waals surface area contributed by atoms with Gasteiger partial charge in [0.2, 0.25) is 5.78 Å². The number of Topliss-reactive ketones (excluding diaryl/α,β-unsaturated/α-hetero) is 1. The topological polar surface area (TPSA) is 79.8 Å². The molecule has 1 aromatic carbocycles. The van der Waals surface area contributed by atoms with Gasteiger partial charge in [0.05, 0.1) is 11.7 Å². The second-order valence-corrected chi connectivity index (χ2v) is 9.44. The summed E-state index contributed by atoms with van der Waals surface area (Å²) < 4.78 is 3.71. The average molecular weight is 485 g/mol. The fourth-order valence-corrected chi connectivity index (χ4v) is 4.89. The summed E-state index contributed by atoms with van der Waals surface area (Å²) in [4.78, 5) is 33.1. The number of aromatic nitrogens is 3. The van der Waals surface area contributed by atoms with Crippen LogP contribution in [0.3, 0.4) is 0 Å². The smallest absolute Gasteiger partial charge is 0.261 e. The Hall–Kier alpha value is -2.64. The third-order valence-electron chi connectivity index (χ3n) is 6.57. The third kappa shape index (κ3) is 5.20. The number of anilines is 1. The lowest BCUT2D eigenvalue weighted by molar-refractivity contribution is -0.120. The molecule has 1 aliphatic rings. The second kappa shape index (κ2) is 11.2. The zero-order valence-electron chi connectivity index (χ0n) is 19.8. The van der Waals surface area contributed by atoms with E-state index in [1.54, 1.807) is 16.7 Å². The highest BCUT2D eigenvalue weighted by Crippen LogP contribution is 2.29. The van der Waals surface area contributed by atoms with Crippen LogP contribution < -0.4 is 10.5 Å². The van der Waals surface area contributed by atoms with Gasteiger partial charge >= 0.3 is 0 Å². The molecule has 0 saturated carbocycles. The molecule has 1 atom stereocenters. The van der Waals surface area contributed by atoms with Gasteiger partial charge in [-0.15, -0.1) is 0 Å². The number of aryl methyl sites for hydroxylation is 1. The zero-order chi connectivity index (χ0) is 24.1. The monoisotopic (exact) mass is 484 g/mol. The molecule has 2 aromatic heterocycles. The fourth-order valence-electron chi connectivity index (χ4n) is 4.77. The van der Waals surface area contributed by atoms with Crippen LogP contribution in [0.4, 0.5) is 5.82 Å². The quantitative estimate of drug-likeness (QED) is 0.399. The Bertz CT molecular complexity index is 1190. The molecule has 0 bridgehead atoms. The lowest BCUT2D eigenvalue weighted by atomic mass is 10.0. The number of ketones is 1. The van der Waals surface area contributed by atoms with Crippen molar-refractivity contribution < 1.29 is 9.90 Å². The van der Waals surface area contributed by atoms with Gasteiger partial charge in [0.25, 0.3) is 5.56 Å². The molecule has 0 amide bonds. The maximum absolute atomic E-state index is 13.2. The van der Waals surface area contributed by atoms with E-state index in [0.717, 1.165) is 56.6 Å². The van der Waals surface area contributed by atoms with Gasteiger partial charge in [0.15, 0.2) is 5.78 Å². The standard InChI is InChI=1S/C26H33ClN4O3/c1-2-3-5-14-30-24(29-15-7-8-22(29)23(33)9-4-6-16-32)17-25(34)31-18-21(28-26(30)31)19-10-12-20(27)13-11-19/h10-13,17-18,22,32H,2-9,14-16H2,1H3/t22-/m0/s1. The van der Waals surface area contributed by atoms with E-state index < -0.39 is 0 Å². The Labute approximate surface area is 205 Å². The normalized spacial score (nSPS) is 16.0. The number of carbonyl (C=O) groups excluding carboxylic acids is 1. The van der Waals surface area contributed by atoms with Gasteiger partial charge < -0.3 is 10.0 Å². The average Bonchev–Trinajstić information content (AvgIpc) is 3.49. The summed E-state index contributed by atoms with van der Waals surface area (Å²) >= 11 is 6.05. The molecule has 0 radical (unpaired) electrons. The van der Waals surface area contributed by atoms with Crippen molar-refractivity contribution in [2.45, 2.75) is 70.9 Å². The van der Waals surface area contributed by atoms with E-state index in [1.807, 2.05) is 24.3 Å². The van der Waals surface area contributed by atoms with Crippen LogP contribution in [0.1, 0.15) is 58.3 Å². The molecular formula is C26H33ClN4O3. The van der Waals surface area contributed by atoms with E-state index in [2.05, 4.69) is 16.4 Å². The first kappa shape index (κ1) is 24.5. The van der Waals surface area contributed by atoms with E-state index in [9.17, 15) is 9.59 Å². The number of carbonyl (C=O) groups is 1. The van der Waals surface area contributed by atoms with Crippen molar-refractivity contribution in [1.29, 1.82) is 0 Å². The molecule has 4 rings (SSSR count). The number of halogens is 1. The number of hydrogen-bond acceptors (Lipinski definition) is 5. The van der Waals surface area contributed by atoms with Crippen LogP contribution in [0.25, 0.3) is 17.0 Å². The van der Waals surface area contributed by atoms with Crippen molar-refractivity contribution in [3.8, 4) is 11.3 Å². The highest BCUT2D eigenvalue weighted by molar-refractivity contribution is 6.30. The molecule has 7 nitrogen and oxygen atoms in total. The minimum atomic E-state index is -0.233. The summed E-state index contributed by atoms with van der Waals surface area (Å²) in [5, 5.41) is 9.72. The molecule has 182 valence electrons. The first-order valence-corrected chi connectivity index (χ1v) is 12.7. The molecule has 1 N–H and O–H groups in total. The van der Waals surface area contributed by atoms with Crippen LogP contribution in [-0.2, 0) is 11.3 Å². The van der Waals surface area contributed by atoms with Crippen LogP contribution in [-0.4, -0.2) is 44.0 Å². The lowest BCUT2D eigenvalue weighted by Crippen LogP contribution is -2.39. The Morgan fingerprint density at radius 1 is 1.18 bits per heavy atom. The minimum Gasteiger partial charge on any atom is -0.396 e. The number of imidazole rings is 1. The highest BCUT2D eigenvalue weighted by Gasteiger charge is 2.32. The molecule has 0 aliphatic carbocycles. The van der Waals surface area contributed by atoms with Crippen LogP contribution in [0.5, 0.6) is 0 Å². The van der Waals surface area contributed by atoms with Gasteiger partial charge in [-0.1, -0.05) is 43.5 Å². The van der Waals surface area contributed by atoms with Gasteiger partial charge in [-0.05, 0) is 44.2 Å². The van der Waals surface area contributed by atoms with E-state index in [-0.39, 0.29) is 24.0 Å². The maximum Gasteiger partial charge on any atom is 0.261 e. The van der Waals surface area contributed by atoms with Crippen molar-refractivity contribution in [1.82, 2.24) is 14.0 Å². The number of fused-ring (bicyclic) bond motifs is 1. The molecule has 8 heteroatoms. The predicted molar refractivity (Wildman–Crippen MR) is 136 cm³/mol. The van der Waals surface area contributed by atoms with Crippen molar-refractivity contribution in [2.75, 3.05) is 18.1 Å². The van der Waals surface area contributed by atoms with E-state index >= 15 is 0 Å². The van der Waals surface area contributed by atoms with Gasteiger partial charge in [-0.2, -0.15) is 0 Å². The summed E-state index contributed by atoms with van der Waals surface area (Å²) in [5.74, 6) is 1.56. The number of unbranched alkanes of at least 4 members (excludes halogenated alkanes) is 3. The van der Waals surface area contributed by atoms with Crippen molar-refractivity contribution in [2.24, 2.45) is 0 Å². The number of benzene rings is 1. The maximum atomic E-state index is 13.2. The summed E-state index contributed by atoms with van der Waals surface area (Å²) in [6.45, 7) is 3.74. The summed E-state index contributed by atoms with van der Waals surface area (Å²) in [7, 11) is 0. The van der Waals surface area contributed by atoms with Crippen LogP contribution >= 0.6 is 11.6 Å². The minimum absolute atomic E-state index is 0.102. The van der Waals surface area contributed by atoms with Crippen molar-refractivity contribution in [3.05, 3.63) is 51.9 Å². The van der Waals surface area contributed by atoms with E-state index in [1.165, 1.54) is 0 Å². The van der Waals surface area contributed by atoms with Crippen LogP contribution in [0.2, 0.25) is 5.02 Å². The van der Waals surface area contributed by atoms with Gasteiger partial charge in [0.1, 0.15) is 5.82 Å². The SMILES string of the molecule is CCCCCn1c(N2CCC[C@H]2C(=O)CCCCO)cc(=O)n2cc(-c3ccc(Cl)cc3)nc12. The summed E-state index contributed by atoms with van der Waals surface area (Å²) in [6.07, 6.45) is 8.38. The Morgan fingerprint density at radius 3 is 2.71 bits per heavy atom. The van der Waals surface area contributed by atoms with Gasteiger partial charge in [-0.3, -0.25) is 18.6 Å². The van der Waals surface area contributed by atoms with E-state index in [4.69, 9.17) is 21.7 Å². The number of aliphatic hydroxyl groups is 1.